The van der Waals surface area contributed by atoms with Crippen molar-refractivity contribution in [3.05, 3.63) is 11.8 Å². The monoisotopic (exact) mass is 155 g/mol. The van der Waals surface area contributed by atoms with E-state index in [4.69, 9.17) is 4.74 Å². The van der Waals surface area contributed by atoms with E-state index in [1.807, 2.05) is 19.0 Å². The van der Waals surface area contributed by atoms with Gasteiger partial charge < -0.3 is 9.64 Å². The van der Waals surface area contributed by atoms with Gasteiger partial charge in [-0.1, -0.05) is 0 Å². The van der Waals surface area contributed by atoms with Crippen LogP contribution >= 0.6 is 0 Å². The number of likely N-dealkylation sites (N-methyl/N-ethyl adjacent to an activating group) is 1. The first-order valence-electron chi connectivity index (χ1n) is 3.65. The summed E-state index contributed by atoms with van der Waals surface area (Å²) in [7, 11) is 3.88. The Morgan fingerprint density at radius 3 is 2.64 bits per heavy atom. The van der Waals surface area contributed by atoms with E-state index in [1.165, 1.54) is 0 Å². The van der Waals surface area contributed by atoms with Crippen molar-refractivity contribution in [3.63, 3.8) is 0 Å². The van der Waals surface area contributed by atoms with E-state index in [-0.39, 0.29) is 11.9 Å². The van der Waals surface area contributed by atoms with E-state index in [1.54, 1.807) is 13.0 Å². The lowest BCUT2D eigenvalue weighted by Crippen LogP contribution is -2.16. The Morgan fingerprint density at radius 1 is 1.64 bits per heavy atom. The largest absolute Gasteiger partial charge is 0.485 e. The van der Waals surface area contributed by atoms with E-state index >= 15 is 0 Å². The molecule has 1 heterocycles. The van der Waals surface area contributed by atoms with Gasteiger partial charge in [-0.05, 0) is 21.0 Å². The van der Waals surface area contributed by atoms with Gasteiger partial charge in [0, 0.05) is 6.08 Å². The van der Waals surface area contributed by atoms with E-state index in [9.17, 15) is 4.79 Å². The predicted molar refractivity (Wildman–Crippen MR) is 42.2 cm³/mol. The number of hydrogen-bond donors (Lipinski definition) is 0. The Hall–Kier alpha value is -0.830. The zero-order chi connectivity index (χ0) is 8.43. The average Bonchev–Trinajstić information content (AvgIpc) is 2.10. The van der Waals surface area contributed by atoms with Crippen LogP contribution in [-0.2, 0) is 9.53 Å². The van der Waals surface area contributed by atoms with Crippen molar-refractivity contribution in [1.29, 1.82) is 0 Å². The maximum atomic E-state index is 10.9. The highest BCUT2D eigenvalue weighted by Crippen LogP contribution is 2.13. The fraction of sp³-hybridized carbons (Fsp3) is 0.625. The number of hydrogen-bond acceptors (Lipinski definition) is 3. The molecule has 0 aliphatic carbocycles. The van der Waals surface area contributed by atoms with Crippen molar-refractivity contribution in [2.45, 2.75) is 13.0 Å². The van der Waals surface area contributed by atoms with Gasteiger partial charge in [0.05, 0.1) is 6.54 Å². The Kier molecular flexibility index (Phi) is 2.29. The molecular formula is C8H13NO2. The average molecular weight is 155 g/mol. The molecule has 0 radical (unpaired) electrons. The minimum Gasteiger partial charge on any atom is -0.485 e. The van der Waals surface area contributed by atoms with Crippen LogP contribution in [0.4, 0.5) is 0 Å². The predicted octanol–water partition coefficient (Wildman–Crippen LogP) is 0.420. The van der Waals surface area contributed by atoms with Gasteiger partial charge in [-0.3, -0.25) is 4.79 Å². The molecule has 1 aliphatic rings. The second-order valence-corrected chi connectivity index (χ2v) is 3.01. The zero-order valence-corrected chi connectivity index (χ0v) is 7.13. The lowest BCUT2D eigenvalue weighted by molar-refractivity contribution is -0.119. The molecule has 0 N–H and O–H groups in total. The highest BCUT2D eigenvalue weighted by atomic mass is 16.5. The normalized spacial score (nSPS) is 23.8. The Labute approximate surface area is 66.6 Å². The van der Waals surface area contributed by atoms with Gasteiger partial charge in [-0.15, -0.1) is 0 Å². The molecular weight excluding hydrogens is 142 g/mol. The van der Waals surface area contributed by atoms with E-state index in [0.29, 0.717) is 6.54 Å². The van der Waals surface area contributed by atoms with Gasteiger partial charge in [0.15, 0.2) is 11.9 Å². The van der Waals surface area contributed by atoms with Crippen LogP contribution in [0.3, 0.4) is 0 Å². The van der Waals surface area contributed by atoms with E-state index in [2.05, 4.69) is 0 Å². The SMILES string of the molecule is CC1OC(CN(C)C)=CC1=O. The van der Waals surface area contributed by atoms with Gasteiger partial charge in [0.2, 0.25) is 0 Å². The van der Waals surface area contributed by atoms with E-state index < -0.39 is 0 Å². The molecule has 62 valence electrons. The number of carbonyl (C=O) groups is 1. The van der Waals surface area contributed by atoms with E-state index in [0.717, 1.165) is 5.76 Å². The maximum Gasteiger partial charge on any atom is 0.199 e. The molecule has 0 aromatic rings. The first kappa shape index (κ1) is 8.27. The molecule has 1 unspecified atom stereocenters. The fourth-order valence-electron chi connectivity index (χ4n) is 0.990. The lowest BCUT2D eigenvalue weighted by atomic mass is 10.3. The minimum absolute atomic E-state index is 0.0712. The summed E-state index contributed by atoms with van der Waals surface area (Å²) in [6.07, 6.45) is 1.30. The molecule has 3 heteroatoms. The highest BCUT2D eigenvalue weighted by molar-refractivity contribution is 5.95. The second kappa shape index (κ2) is 3.05. The molecule has 0 spiro atoms. The number of nitrogens with zero attached hydrogens (tertiary/aromatic N) is 1. The Morgan fingerprint density at radius 2 is 2.27 bits per heavy atom. The number of ketones is 1. The van der Waals surface area contributed by atoms with Crippen LogP contribution in [0.5, 0.6) is 0 Å². The van der Waals surface area contributed by atoms with Crippen molar-refractivity contribution in [2.75, 3.05) is 20.6 Å². The molecule has 1 aliphatic heterocycles. The summed E-state index contributed by atoms with van der Waals surface area (Å²) in [5.41, 5.74) is 0. The van der Waals surface area contributed by atoms with Crippen molar-refractivity contribution in [3.8, 4) is 0 Å². The summed E-state index contributed by atoms with van der Waals surface area (Å²) in [4.78, 5) is 12.9. The Bertz CT molecular complexity index is 196. The van der Waals surface area contributed by atoms with Crippen LogP contribution in [0, 0.1) is 0 Å². The number of rotatable bonds is 2. The first-order chi connectivity index (χ1) is 5.09. The highest BCUT2D eigenvalue weighted by Gasteiger charge is 2.21. The van der Waals surface area contributed by atoms with Crippen LogP contribution in [0.25, 0.3) is 0 Å². The smallest absolute Gasteiger partial charge is 0.199 e. The standard InChI is InChI=1S/C8H13NO2/c1-6-8(10)4-7(11-6)5-9(2)3/h4,6H,5H2,1-3H3. The minimum atomic E-state index is -0.273. The summed E-state index contributed by atoms with van der Waals surface area (Å²) in [5.74, 6) is 0.842. The summed E-state index contributed by atoms with van der Waals surface area (Å²) < 4.78 is 5.25. The molecule has 3 nitrogen and oxygen atoms in total. The lowest BCUT2D eigenvalue weighted by Gasteiger charge is -2.11. The van der Waals surface area contributed by atoms with Crippen LogP contribution in [0.15, 0.2) is 11.8 Å². The summed E-state index contributed by atoms with van der Waals surface area (Å²) in [6, 6.07) is 0. The molecule has 1 atom stereocenters. The third-order valence-corrected chi connectivity index (χ3v) is 1.50. The maximum absolute atomic E-state index is 10.9. The molecule has 0 fully saturated rings. The van der Waals surface area contributed by atoms with Crippen molar-refractivity contribution in [2.24, 2.45) is 0 Å². The molecule has 0 saturated carbocycles. The molecule has 0 saturated heterocycles. The van der Waals surface area contributed by atoms with Gasteiger partial charge in [0.1, 0.15) is 5.76 Å². The fourth-order valence-corrected chi connectivity index (χ4v) is 0.990. The van der Waals surface area contributed by atoms with Gasteiger partial charge in [-0.2, -0.15) is 0 Å². The van der Waals surface area contributed by atoms with Gasteiger partial charge in [0.25, 0.3) is 0 Å². The topological polar surface area (TPSA) is 29.5 Å². The number of ether oxygens (including phenoxy) is 1. The summed E-state index contributed by atoms with van der Waals surface area (Å²) in [5, 5.41) is 0. The summed E-state index contributed by atoms with van der Waals surface area (Å²) in [6.45, 7) is 2.47. The number of carbonyl (C=O) groups excluding carboxylic acids is 1. The third kappa shape index (κ3) is 2.05. The van der Waals surface area contributed by atoms with Crippen LogP contribution in [0.1, 0.15) is 6.92 Å². The van der Waals surface area contributed by atoms with Crippen LogP contribution in [0.2, 0.25) is 0 Å². The zero-order valence-electron chi connectivity index (χ0n) is 7.13. The van der Waals surface area contributed by atoms with Crippen molar-refractivity contribution >= 4 is 5.78 Å². The van der Waals surface area contributed by atoms with Crippen molar-refractivity contribution < 1.29 is 9.53 Å². The molecule has 11 heavy (non-hydrogen) atoms. The molecule has 0 aromatic carbocycles. The molecule has 0 aromatic heterocycles. The first-order valence-corrected chi connectivity index (χ1v) is 3.65. The second-order valence-electron chi connectivity index (χ2n) is 3.01. The molecule has 0 amide bonds. The van der Waals surface area contributed by atoms with Gasteiger partial charge >= 0.3 is 0 Å². The van der Waals surface area contributed by atoms with Gasteiger partial charge in [-0.25, -0.2) is 0 Å². The van der Waals surface area contributed by atoms with Crippen LogP contribution in [-0.4, -0.2) is 37.4 Å². The van der Waals surface area contributed by atoms with Crippen molar-refractivity contribution in [1.82, 2.24) is 4.90 Å². The third-order valence-electron chi connectivity index (χ3n) is 1.50. The quantitative estimate of drug-likeness (QED) is 0.578. The molecule has 0 bridgehead atoms. The Balaban J connectivity index is 2.50. The van der Waals surface area contributed by atoms with Crippen LogP contribution < -0.4 is 0 Å². The summed E-state index contributed by atoms with van der Waals surface area (Å²) >= 11 is 0. The molecule has 1 rings (SSSR count).